The van der Waals surface area contributed by atoms with Gasteiger partial charge in [0.2, 0.25) is 11.6 Å². The van der Waals surface area contributed by atoms with E-state index in [2.05, 4.69) is 0 Å². The highest BCUT2D eigenvalue weighted by Crippen LogP contribution is 2.39. The van der Waals surface area contributed by atoms with Crippen LogP contribution in [-0.2, 0) is 9.59 Å². The molecule has 5 rings (SSSR count). The van der Waals surface area contributed by atoms with Gasteiger partial charge >= 0.3 is 0 Å². The van der Waals surface area contributed by atoms with Crippen LogP contribution >= 0.6 is 0 Å². The first-order chi connectivity index (χ1) is 9.75. The summed E-state index contributed by atoms with van der Waals surface area (Å²) in [4.78, 5) is 34.0. The van der Waals surface area contributed by atoms with Gasteiger partial charge in [-0.2, -0.15) is 0 Å². The van der Waals surface area contributed by atoms with Crippen molar-refractivity contribution in [3.05, 3.63) is 22.8 Å². The van der Waals surface area contributed by atoms with Gasteiger partial charge in [-0.3, -0.25) is 9.59 Å². The number of Topliss-reactive ketones (excluding diaryl/α,β-unsaturated/α-hetero) is 2. The van der Waals surface area contributed by atoms with Crippen molar-refractivity contribution in [2.45, 2.75) is 0 Å². The molecule has 0 spiro atoms. The van der Waals surface area contributed by atoms with E-state index in [0.717, 1.165) is 52.4 Å². The Morgan fingerprint density at radius 1 is 0.450 bits per heavy atom. The molecule has 0 amide bonds. The van der Waals surface area contributed by atoms with Gasteiger partial charge in [-0.25, -0.2) is 0 Å². The van der Waals surface area contributed by atoms with Crippen LogP contribution in [0.25, 0.3) is 0 Å². The fraction of sp³-hybridized carbons (Fsp3) is 0.571. The summed E-state index contributed by atoms with van der Waals surface area (Å²) in [5, 5.41) is 0. The lowest BCUT2D eigenvalue weighted by atomic mass is 9.98. The summed E-state index contributed by atoms with van der Waals surface area (Å²) in [6.45, 7) is 7.21. The van der Waals surface area contributed by atoms with Crippen LogP contribution in [-0.4, -0.2) is 83.5 Å². The average Bonchev–Trinajstić information content (AvgIpc) is 3.26. The number of hydrogen-bond donors (Lipinski definition) is 0. The zero-order valence-electron chi connectivity index (χ0n) is 11.3. The maximum absolute atomic E-state index is 12.9. The molecule has 0 unspecified atom stereocenters. The van der Waals surface area contributed by atoms with Gasteiger partial charge in [-0.15, -0.1) is 0 Å². The summed E-state index contributed by atoms with van der Waals surface area (Å²) in [7, 11) is 0. The third-order valence-electron chi connectivity index (χ3n) is 4.36. The Morgan fingerprint density at radius 3 is 0.800 bits per heavy atom. The van der Waals surface area contributed by atoms with Gasteiger partial charge in [0.1, 0.15) is 22.8 Å². The highest BCUT2D eigenvalue weighted by atomic mass is 16.1. The minimum Gasteiger partial charge on any atom is -0.363 e. The zero-order valence-corrected chi connectivity index (χ0v) is 11.3. The highest BCUT2D eigenvalue weighted by molar-refractivity contribution is 6.24. The predicted molar refractivity (Wildman–Crippen MR) is 70.4 cm³/mol. The summed E-state index contributed by atoms with van der Waals surface area (Å²) < 4.78 is 0. The summed E-state index contributed by atoms with van der Waals surface area (Å²) in [6, 6.07) is 0. The topological polar surface area (TPSA) is 46.2 Å². The SMILES string of the molecule is O=C1C(N2CC2)=C(N2CC2)C(=O)C(N2CC2)=C1N1CC1. The van der Waals surface area contributed by atoms with Gasteiger partial charge in [0.25, 0.3) is 0 Å². The maximum atomic E-state index is 12.9. The number of nitrogens with zero attached hydrogens (tertiary/aromatic N) is 4. The molecule has 4 aliphatic heterocycles. The third kappa shape index (κ3) is 1.44. The zero-order chi connectivity index (χ0) is 13.4. The van der Waals surface area contributed by atoms with Crippen LogP contribution in [0.1, 0.15) is 0 Å². The van der Waals surface area contributed by atoms with Crippen molar-refractivity contribution in [3.63, 3.8) is 0 Å². The van der Waals surface area contributed by atoms with Crippen LogP contribution in [0.5, 0.6) is 0 Å². The molecular formula is C14H16N4O2. The van der Waals surface area contributed by atoms with Crippen LogP contribution in [0.15, 0.2) is 22.8 Å². The van der Waals surface area contributed by atoms with Crippen LogP contribution in [0, 0.1) is 0 Å². The van der Waals surface area contributed by atoms with Gasteiger partial charge in [0, 0.05) is 52.4 Å². The molecule has 4 saturated heterocycles. The number of rotatable bonds is 4. The molecule has 4 fully saturated rings. The largest absolute Gasteiger partial charge is 0.363 e. The Labute approximate surface area is 116 Å². The summed E-state index contributed by atoms with van der Waals surface area (Å²) >= 11 is 0. The molecule has 6 nitrogen and oxygen atoms in total. The molecule has 104 valence electrons. The van der Waals surface area contributed by atoms with Crippen molar-refractivity contribution in [2.75, 3.05) is 52.4 Å². The monoisotopic (exact) mass is 272 g/mol. The van der Waals surface area contributed by atoms with Crippen molar-refractivity contribution < 1.29 is 9.59 Å². The smallest absolute Gasteiger partial charge is 0.229 e. The molecular weight excluding hydrogens is 256 g/mol. The molecule has 0 bridgehead atoms. The number of carbonyl (C=O) groups is 2. The lowest BCUT2D eigenvalue weighted by Crippen LogP contribution is -2.35. The molecule has 0 N–H and O–H groups in total. The second kappa shape index (κ2) is 3.37. The van der Waals surface area contributed by atoms with Crippen molar-refractivity contribution in [1.29, 1.82) is 0 Å². The molecule has 1 aliphatic carbocycles. The summed E-state index contributed by atoms with van der Waals surface area (Å²) in [5.41, 5.74) is 2.67. The first-order valence-electron chi connectivity index (χ1n) is 7.33. The Balaban J connectivity index is 1.66. The first kappa shape index (κ1) is 10.8. The van der Waals surface area contributed by atoms with E-state index >= 15 is 0 Å². The molecule has 0 radical (unpaired) electrons. The number of hydrogen-bond acceptors (Lipinski definition) is 6. The second-order valence-corrected chi connectivity index (χ2v) is 6.00. The Morgan fingerprint density at radius 2 is 0.650 bits per heavy atom. The van der Waals surface area contributed by atoms with E-state index in [1.807, 2.05) is 19.6 Å². The molecule has 0 aromatic carbocycles. The second-order valence-electron chi connectivity index (χ2n) is 6.00. The van der Waals surface area contributed by atoms with E-state index in [4.69, 9.17) is 0 Å². The van der Waals surface area contributed by atoms with E-state index in [1.54, 1.807) is 0 Å². The average molecular weight is 272 g/mol. The van der Waals surface area contributed by atoms with Crippen LogP contribution < -0.4 is 0 Å². The Bertz CT molecular complexity index is 503. The molecule has 20 heavy (non-hydrogen) atoms. The molecule has 0 aromatic heterocycles. The van der Waals surface area contributed by atoms with Gasteiger partial charge in [-0.1, -0.05) is 0 Å². The minimum atomic E-state index is 0.0726. The third-order valence-corrected chi connectivity index (χ3v) is 4.36. The van der Waals surface area contributed by atoms with Gasteiger partial charge in [0.05, 0.1) is 0 Å². The van der Waals surface area contributed by atoms with Gasteiger partial charge < -0.3 is 19.6 Å². The molecule has 0 saturated carbocycles. The van der Waals surface area contributed by atoms with E-state index in [0.29, 0.717) is 22.8 Å². The lowest BCUT2D eigenvalue weighted by molar-refractivity contribution is -0.119. The Kier molecular flexibility index (Phi) is 1.81. The van der Waals surface area contributed by atoms with E-state index < -0.39 is 0 Å². The van der Waals surface area contributed by atoms with Gasteiger partial charge in [-0.05, 0) is 0 Å². The van der Waals surface area contributed by atoms with E-state index in [1.165, 1.54) is 0 Å². The number of carbonyl (C=O) groups excluding carboxylic acids is 2. The lowest BCUT2D eigenvalue weighted by Gasteiger charge is -2.26. The normalized spacial score (nSPS) is 27.8. The number of ketones is 2. The van der Waals surface area contributed by atoms with Crippen LogP contribution in [0.2, 0.25) is 0 Å². The summed E-state index contributed by atoms with van der Waals surface area (Å²) in [6.07, 6.45) is 0. The van der Waals surface area contributed by atoms with E-state index in [-0.39, 0.29) is 11.6 Å². The molecule has 4 heterocycles. The molecule has 5 aliphatic rings. The Hall–Kier alpha value is -1.98. The molecule has 0 atom stereocenters. The van der Waals surface area contributed by atoms with Crippen molar-refractivity contribution in [2.24, 2.45) is 0 Å². The maximum Gasteiger partial charge on any atom is 0.229 e. The molecule has 0 aromatic rings. The minimum absolute atomic E-state index is 0.0726. The van der Waals surface area contributed by atoms with Crippen LogP contribution in [0.3, 0.4) is 0 Å². The highest BCUT2D eigenvalue weighted by Gasteiger charge is 2.49. The quantitative estimate of drug-likeness (QED) is 0.474. The van der Waals surface area contributed by atoms with Gasteiger partial charge in [0.15, 0.2) is 0 Å². The van der Waals surface area contributed by atoms with E-state index in [9.17, 15) is 9.59 Å². The van der Waals surface area contributed by atoms with Crippen molar-refractivity contribution >= 4 is 11.6 Å². The fourth-order valence-electron chi connectivity index (χ4n) is 2.92. The predicted octanol–water partition coefficient (Wildman–Crippen LogP) is -1.18. The fourth-order valence-corrected chi connectivity index (χ4v) is 2.92. The molecule has 6 heteroatoms. The van der Waals surface area contributed by atoms with Crippen LogP contribution in [0.4, 0.5) is 0 Å². The van der Waals surface area contributed by atoms with Crippen molar-refractivity contribution in [3.8, 4) is 0 Å². The standard InChI is InChI=1S/C14H16N4O2/c19-13-9(15-1-2-15)10(16-3-4-16)14(20)12(18-7-8-18)11(13)17-5-6-17/h1-8H2. The summed E-state index contributed by atoms with van der Waals surface area (Å²) in [5.74, 6) is 0.145. The van der Waals surface area contributed by atoms with Crippen molar-refractivity contribution in [1.82, 2.24) is 19.6 Å². The first-order valence-corrected chi connectivity index (χ1v) is 7.33.